The summed E-state index contributed by atoms with van der Waals surface area (Å²) < 4.78 is 45.2. The van der Waals surface area contributed by atoms with Gasteiger partial charge in [-0.1, -0.05) is 0 Å². The summed E-state index contributed by atoms with van der Waals surface area (Å²) in [6, 6.07) is 6.18. The van der Waals surface area contributed by atoms with Crippen molar-refractivity contribution >= 4 is 17.3 Å². The normalized spacial score (nSPS) is 10.3. The molecule has 0 radical (unpaired) electrons. The zero-order chi connectivity index (χ0) is 17.1. The molecule has 2 aromatic carbocycles. The number of halogens is 3. The second-order valence-electron chi connectivity index (χ2n) is 4.32. The Labute approximate surface area is 127 Å². The Morgan fingerprint density at radius 2 is 1.74 bits per heavy atom. The van der Waals surface area contributed by atoms with Gasteiger partial charge in [0.15, 0.2) is 5.82 Å². The van der Waals surface area contributed by atoms with Crippen LogP contribution in [-0.4, -0.2) is 17.9 Å². The lowest BCUT2D eigenvalue weighted by molar-refractivity contribution is -0.387. The van der Waals surface area contributed by atoms with E-state index in [0.717, 1.165) is 0 Å². The molecule has 23 heavy (non-hydrogen) atoms. The van der Waals surface area contributed by atoms with Gasteiger partial charge in [-0.05, 0) is 24.3 Å². The Morgan fingerprint density at radius 3 is 2.26 bits per heavy atom. The number of nitrogens with zero attached hydrogens (tertiary/aromatic N) is 1. The fourth-order valence-corrected chi connectivity index (χ4v) is 1.76. The van der Waals surface area contributed by atoms with Gasteiger partial charge in [-0.2, -0.15) is 4.39 Å². The molecule has 0 bridgehead atoms. The van der Waals surface area contributed by atoms with Crippen molar-refractivity contribution in [1.82, 2.24) is 0 Å². The number of carbonyl (C=O) groups excluding carboxylic acids is 1. The summed E-state index contributed by atoms with van der Waals surface area (Å²) in [6.45, 7) is 0. The molecule has 120 valence electrons. The number of nitrogens with one attached hydrogen (secondary N) is 1. The van der Waals surface area contributed by atoms with Crippen LogP contribution in [0.4, 0.5) is 24.5 Å². The van der Waals surface area contributed by atoms with Gasteiger partial charge in [0.05, 0.1) is 17.6 Å². The molecule has 0 unspecified atom stereocenters. The number of benzene rings is 2. The van der Waals surface area contributed by atoms with Crippen LogP contribution in [0.3, 0.4) is 0 Å². The summed E-state index contributed by atoms with van der Waals surface area (Å²) in [6.07, 6.45) is 0. The van der Waals surface area contributed by atoms with Crippen molar-refractivity contribution in [3.8, 4) is 5.75 Å². The van der Waals surface area contributed by atoms with Crippen LogP contribution in [0.5, 0.6) is 5.75 Å². The van der Waals surface area contributed by atoms with Gasteiger partial charge < -0.3 is 10.1 Å². The SMILES string of the molecule is COc1ccc(NC(=O)c2cc([N+](=O)[O-])c(F)c(F)c2F)cc1. The quantitative estimate of drug-likeness (QED) is 0.531. The fourth-order valence-electron chi connectivity index (χ4n) is 1.76. The van der Waals surface area contributed by atoms with Crippen molar-refractivity contribution in [3.05, 3.63) is 63.5 Å². The van der Waals surface area contributed by atoms with E-state index < -0.39 is 39.5 Å². The van der Waals surface area contributed by atoms with Gasteiger partial charge in [0.1, 0.15) is 5.75 Å². The van der Waals surface area contributed by atoms with E-state index in [-0.39, 0.29) is 5.69 Å². The van der Waals surface area contributed by atoms with Crippen LogP contribution in [-0.2, 0) is 0 Å². The third kappa shape index (κ3) is 3.23. The van der Waals surface area contributed by atoms with Gasteiger partial charge in [-0.3, -0.25) is 14.9 Å². The smallest absolute Gasteiger partial charge is 0.308 e. The standard InChI is InChI=1S/C14H9F3N2O4/c1-23-8-4-2-7(3-5-8)18-14(20)9-6-10(19(21)22)12(16)13(17)11(9)15/h2-6H,1H3,(H,18,20). The van der Waals surface area contributed by atoms with Crippen LogP contribution < -0.4 is 10.1 Å². The number of nitro groups is 1. The van der Waals surface area contributed by atoms with Crippen LogP contribution in [0, 0.1) is 27.6 Å². The monoisotopic (exact) mass is 326 g/mol. The van der Waals surface area contributed by atoms with E-state index in [2.05, 4.69) is 5.32 Å². The lowest BCUT2D eigenvalue weighted by Crippen LogP contribution is -2.16. The van der Waals surface area contributed by atoms with Crippen molar-refractivity contribution < 1.29 is 27.6 Å². The topological polar surface area (TPSA) is 81.5 Å². The highest BCUT2D eigenvalue weighted by molar-refractivity contribution is 6.04. The zero-order valence-corrected chi connectivity index (χ0v) is 11.6. The molecule has 6 nitrogen and oxygen atoms in total. The predicted molar refractivity (Wildman–Crippen MR) is 73.9 cm³/mol. The van der Waals surface area contributed by atoms with Gasteiger partial charge in [0, 0.05) is 11.8 Å². The number of hydrogen-bond acceptors (Lipinski definition) is 4. The van der Waals surface area contributed by atoms with Gasteiger partial charge >= 0.3 is 5.69 Å². The summed E-state index contributed by atoms with van der Waals surface area (Å²) in [7, 11) is 1.43. The molecule has 0 aliphatic heterocycles. The average Bonchev–Trinajstić information content (AvgIpc) is 2.53. The van der Waals surface area contributed by atoms with Crippen molar-refractivity contribution in [2.75, 3.05) is 12.4 Å². The second kappa shape index (κ2) is 6.34. The van der Waals surface area contributed by atoms with Crippen LogP contribution in [0.1, 0.15) is 10.4 Å². The fraction of sp³-hybridized carbons (Fsp3) is 0.0714. The second-order valence-corrected chi connectivity index (χ2v) is 4.32. The van der Waals surface area contributed by atoms with Crippen LogP contribution in [0.15, 0.2) is 30.3 Å². The lowest BCUT2D eigenvalue weighted by Gasteiger charge is -2.08. The summed E-state index contributed by atoms with van der Waals surface area (Å²) in [5, 5.41) is 12.8. The van der Waals surface area contributed by atoms with Crippen molar-refractivity contribution in [3.63, 3.8) is 0 Å². The molecule has 0 spiro atoms. The minimum absolute atomic E-state index is 0.211. The molecule has 0 aromatic heterocycles. The van der Waals surface area contributed by atoms with E-state index in [4.69, 9.17) is 4.74 Å². The molecule has 0 atom stereocenters. The maximum Gasteiger partial charge on any atom is 0.308 e. The molecular formula is C14H9F3N2O4. The van der Waals surface area contributed by atoms with Crippen LogP contribution in [0.25, 0.3) is 0 Å². The van der Waals surface area contributed by atoms with Crippen molar-refractivity contribution in [2.24, 2.45) is 0 Å². The maximum atomic E-state index is 13.7. The molecule has 0 heterocycles. The van der Waals surface area contributed by atoms with E-state index >= 15 is 0 Å². The van der Waals surface area contributed by atoms with E-state index in [0.29, 0.717) is 11.8 Å². The first-order valence-corrected chi connectivity index (χ1v) is 6.12. The minimum Gasteiger partial charge on any atom is -0.497 e. The molecule has 1 N–H and O–H groups in total. The Kier molecular flexibility index (Phi) is 4.49. The first kappa shape index (κ1) is 16.3. The third-order valence-electron chi connectivity index (χ3n) is 2.92. The average molecular weight is 326 g/mol. The van der Waals surface area contributed by atoms with E-state index in [1.165, 1.54) is 31.4 Å². The van der Waals surface area contributed by atoms with Crippen molar-refractivity contribution in [1.29, 1.82) is 0 Å². The van der Waals surface area contributed by atoms with Gasteiger partial charge in [0.2, 0.25) is 11.6 Å². The van der Waals surface area contributed by atoms with Crippen LogP contribution >= 0.6 is 0 Å². The van der Waals surface area contributed by atoms with Crippen molar-refractivity contribution in [2.45, 2.75) is 0 Å². The Morgan fingerprint density at radius 1 is 1.13 bits per heavy atom. The van der Waals surface area contributed by atoms with E-state index in [1.807, 2.05) is 0 Å². The van der Waals surface area contributed by atoms with Crippen LogP contribution in [0.2, 0.25) is 0 Å². The number of hydrogen-bond donors (Lipinski definition) is 1. The van der Waals surface area contributed by atoms with Gasteiger partial charge in [0.25, 0.3) is 5.91 Å². The number of carbonyl (C=O) groups is 1. The number of nitro benzene ring substituents is 1. The van der Waals surface area contributed by atoms with E-state index in [9.17, 15) is 28.1 Å². The molecule has 0 fully saturated rings. The molecule has 2 aromatic rings. The highest BCUT2D eigenvalue weighted by Gasteiger charge is 2.28. The van der Waals surface area contributed by atoms with Gasteiger partial charge in [-0.25, -0.2) is 8.78 Å². The molecule has 0 saturated heterocycles. The summed E-state index contributed by atoms with van der Waals surface area (Å²) >= 11 is 0. The molecule has 0 aliphatic rings. The molecule has 0 aliphatic carbocycles. The highest BCUT2D eigenvalue weighted by atomic mass is 19.2. The Bertz CT molecular complexity index is 779. The number of rotatable bonds is 4. The molecule has 1 amide bonds. The number of anilines is 1. The molecule has 2 rings (SSSR count). The lowest BCUT2D eigenvalue weighted by atomic mass is 10.1. The first-order valence-electron chi connectivity index (χ1n) is 6.12. The molecule has 0 saturated carbocycles. The Hall–Kier alpha value is -3.10. The highest BCUT2D eigenvalue weighted by Crippen LogP contribution is 2.26. The summed E-state index contributed by atoms with van der Waals surface area (Å²) in [5.41, 5.74) is -2.10. The zero-order valence-electron chi connectivity index (χ0n) is 11.6. The predicted octanol–water partition coefficient (Wildman–Crippen LogP) is 3.27. The first-order chi connectivity index (χ1) is 10.8. The number of ether oxygens (including phenoxy) is 1. The third-order valence-corrected chi connectivity index (χ3v) is 2.92. The Balaban J connectivity index is 2.36. The molecular weight excluding hydrogens is 317 g/mol. The van der Waals surface area contributed by atoms with Gasteiger partial charge in [-0.15, -0.1) is 0 Å². The number of methoxy groups -OCH3 is 1. The molecule has 9 heteroatoms. The minimum atomic E-state index is -2.08. The summed E-state index contributed by atoms with van der Waals surface area (Å²) in [4.78, 5) is 21.3. The maximum absolute atomic E-state index is 13.7. The largest absolute Gasteiger partial charge is 0.497 e. The van der Waals surface area contributed by atoms with E-state index in [1.54, 1.807) is 0 Å². The number of amides is 1. The summed E-state index contributed by atoms with van der Waals surface area (Å²) in [5.74, 6) is -6.51.